The predicted molar refractivity (Wildman–Crippen MR) is 78.6 cm³/mol. The van der Waals surface area contributed by atoms with E-state index >= 15 is 0 Å². The molecule has 0 radical (unpaired) electrons. The monoisotopic (exact) mass is 326 g/mol. The maximum Gasteiger partial charge on any atom is 0.306 e. The van der Waals surface area contributed by atoms with Crippen molar-refractivity contribution in [3.8, 4) is 11.8 Å². The van der Waals surface area contributed by atoms with E-state index in [1.165, 1.54) is 30.6 Å². The maximum absolute atomic E-state index is 12.3. The number of hydrogen-bond donors (Lipinski definition) is 0. The van der Waals surface area contributed by atoms with Gasteiger partial charge in [-0.1, -0.05) is 0 Å². The Morgan fingerprint density at radius 3 is 2.50 bits per heavy atom. The van der Waals surface area contributed by atoms with Crippen LogP contribution in [-0.2, 0) is 19.6 Å². The van der Waals surface area contributed by atoms with Crippen molar-refractivity contribution in [2.75, 3.05) is 27.3 Å². The van der Waals surface area contributed by atoms with Gasteiger partial charge in [0.2, 0.25) is 10.0 Å². The van der Waals surface area contributed by atoms with Gasteiger partial charge in [-0.25, -0.2) is 12.7 Å². The van der Waals surface area contributed by atoms with Crippen LogP contribution in [0.25, 0.3) is 0 Å². The zero-order valence-electron chi connectivity index (χ0n) is 12.5. The highest BCUT2D eigenvalue weighted by Crippen LogP contribution is 2.18. The van der Waals surface area contributed by atoms with Crippen LogP contribution >= 0.6 is 0 Å². The lowest BCUT2D eigenvalue weighted by Crippen LogP contribution is -2.28. The summed E-state index contributed by atoms with van der Waals surface area (Å²) in [5, 5.41) is 8.28. The molecule has 0 atom stereocenters. The zero-order valence-corrected chi connectivity index (χ0v) is 13.3. The summed E-state index contributed by atoms with van der Waals surface area (Å²) in [6.07, 6.45) is 0.375. The van der Waals surface area contributed by atoms with Crippen LogP contribution < -0.4 is 4.74 Å². The van der Waals surface area contributed by atoms with Gasteiger partial charge in [0.05, 0.1) is 12.0 Å². The molecule has 7 nitrogen and oxygen atoms in total. The average molecular weight is 326 g/mol. The number of methoxy groups -OCH3 is 1. The number of esters is 1. The van der Waals surface area contributed by atoms with Crippen LogP contribution in [0.4, 0.5) is 0 Å². The fraction of sp³-hybridized carbons (Fsp3) is 0.429. The first-order valence-corrected chi connectivity index (χ1v) is 7.98. The second kappa shape index (κ2) is 8.36. The van der Waals surface area contributed by atoms with Crippen LogP contribution in [0.15, 0.2) is 29.2 Å². The molecule has 1 rings (SSSR count). The Morgan fingerprint density at radius 2 is 1.95 bits per heavy atom. The lowest BCUT2D eigenvalue weighted by Gasteiger charge is -2.17. The summed E-state index contributed by atoms with van der Waals surface area (Å²) >= 11 is 0. The lowest BCUT2D eigenvalue weighted by atomic mass is 10.3. The van der Waals surface area contributed by atoms with Crippen LogP contribution in [0.3, 0.4) is 0 Å². The van der Waals surface area contributed by atoms with Gasteiger partial charge in [0, 0.05) is 20.0 Å². The second-order valence-corrected chi connectivity index (χ2v) is 6.47. The van der Waals surface area contributed by atoms with Gasteiger partial charge in [-0.3, -0.25) is 4.79 Å². The van der Waals surface area contributed by atoms with Crippen molar-refractivity contribution in [2.45, 2.75) is 17.7 Å². The van der Waals surface area contributed by atoms with E-state index in [9.17, 15) is 13.2 Å². The van der Waals surface area contributed by atoms with Gasteiger partial charge in [-0.2, -0.15) is 5.26 Å². The molecule has 0 aliphatic carbocycles. The Kier molecular flexibility index (Phi) is 6.82. The van der Waals surface area contributed by atoms with Crippen molar-refractivity contribution in [1.82, 2.24) is 4.31 Å². The predicted octanol–water partition coefficient (Wildman–Crippen LogP) is 1.16. The van der Waals surface area contributed by atoms with Gasteiger partial charge < -0.3 is 9.47 Å². The molecule has 0 N–H and O–H groups in total. The van der Waals surface area contributed by atoms with Crippen LogP contribution in [0, 0.1) is 11.3 Å². The average Bonchev–Trinajstić information content (AvgIpc) is 2.52. The molecule has 0 amide bonds. The van der Waals surface area contributed by atoms with Crippen LogP contribution in [0.5, 0.6) is 5.75 Å². The number of sulfonamides is 1. The van der Waals surface area contributed by atoms with Crippen LogP contribution in [-0.4, -0.2) is 46.0 Å². The molecule has 0 unspecified atom stereocenters. The Labute approximate surface area is 130 Å². The molecule has 22 heavy (non-hydrogen) atoms. The van der Waals surface area contributed by atoms with Crippen molar-refractivity contribution < 1.29 is 22.7 Å². The van der Waals surface area contributed by atoms with Crippen molar-refractivity contribution in [2.24, 2.45) is 0 Å². The number of ether oxygens (including phenoxy) is 2. The van der Waals surface area contributed by atoms with Crippen molar-refractivity contribution >= 4 is 16.0 Å². The molecule has 0 heterocycles. The summed E-state index contributed by atoms with van der Waals surface area (Å²) in [7, 11) is -0.660. The number of nitriles is 1. The largest absolute Gasteiger partial charge is 0.497 e. The summed E-state index contributed by atoms with van der Waals surface area (Å²) in [6.45, 7) is -0.116. The van der Waals surface area contributed by atoms with Gasteiger partial charge in [-0.15, -0.1) is 0 Å². The number of carbonyl (C=O) groups excluding carboxylic acids is 1. The molecule has 0 aromatic heterocycles. The van der Waals surface area contributed by atoms with Gasteiger partial charge in [0.1, 0.15) is 11.8 Å². The van der Waals surface area contributed by atoms with E-state index in [2.05, 4.69) is 4.74 Å². The fourth-order valence-electron chi connectivity index (χ4n) is 1.68. The minimum absolute atomic E-state index is 0.0597. The van der Waals surface area contributed by atoms with Gasteiger partial charge >= 0.3 is 5.97 Å². The van der Waals surface area contributed by atoms with E-state index in [4.69, 9.17) is 10.00 Å². The van der Waals surface area contributed by atoms with E-state index < -0.39 is 16.0 Å². The second-order valence-electron chi connectivity index (χ2n) is 4.42. The highest BCUT2D eigenvalue weighted by atomic mass is 32.2. The third-order valence-corrected chi connectivity index (χ3v) is 4.79. The first kappa shape index (κ1) is 17.9. The third kappa shape index (κ3) is 5.02. The summed E-state index contributed by atoms with van der Waals surface area (Å²) < 4.78 is 35.4. The van der Waals surface area contributed by atoms with Gasteiger partial charge in [0.15, 0.2) is 6.61 Å². The highest BCUT2D eigenvalue weighted by Gasteiger charge is 2.20. The summed E-state index contributed by atoms with van der Waals surface area (Å²) in [4.78, 5) is 11.4. The number of nitrogens with zero attached hydrogens (tertiary/aromatic N) is 2. The number of rotatable bonds is 8. The number of hydrogen-bond acceptors (Lipinski definition) is 6. The smallest absolute Gasteiger partial charge is 0.306 e. The minimum Gasteiger partial charge on any atom is -0.497 e. The van der Waals surface area contributed by atoms with Crippen molar-refractivity contribution in [3.05, 3.63) is 24.3 Å². The molecule has 0 fully saturated rings. The molecule has 0 aliphatic rings. The molecule has 0 saturated carbocycles. The molecular formula is C14H18N2O5S. The summed E-state index contributed by atoms with van der Waals surface area (Å²) in [6, 6.07) is 7.76. The Morgan fingerprint density at radius 1 is 1.32 bits per heavy atom. The van der Waals surface area contributed by atoms with Gasteiger partial charge in [-0.05, 0) is 30.7 Å². The Bertz CT molecular complexity index is 634. The van der Waals surface area contributed by atoms with Crippen LogP contribution in [0.2, 0.25) is 0 Å². The standard InChI is InChI=1S/C14H18N2O5S/c1-16(10-3-4-14(17)21-11-9-15)22(18,19)13-7-5-12(20-2)6-8-13/h5-8H,3-4,10-11H2,1-2H3. The molecule has 1 aromatic carbocycles. The minimum atomic E-state index is -3.61. The molecule has 120 valence electrons. The third-order valence-electron chi connectivity index (χ3n) is 2.92. The molecule has 0 aliphatic heterocycles. The lowest BCUT2D eigenvalue weighted by molar-refractivity contribution is -0.142. The van der Waals surface area contributed by atoms with E-state index in [0.29, 0.717) is 12.2 Å². The molecule has 8 heteroatoms. The van der Waals surface area contributed by atoms with E-state index in [1.54, 1.807) is 18.2 Å². The number of benzene rings is 1. The zero-order chi connectivity index (χ0) is 16.6. The maximum atomic E-state index is 12.3. The van der Waals surface area contributed by atoms with E-state index in [0.717, 1.165) is 0 Å². The van der Waals surface area contributed by atoms with Crippen molar-refractivity contribution in [1.29, 1.82) is 5.26 Å². The fourth-order valence-corrected chi connectivity index (χ4v) is 2.89. The summed E-state index contributed by atoms with van der Waals surface area (Å²) in [5.74, 6) is 0.0543. The topological polar surface area (TPSA) is 96.7 Å². The van der Waals surface area contributed by atoms with Gasteiger partial charge in [0.25, 0.3) is 0 Å². The molecule has 0 bridgehead atoms. The van der Waals surface area contributed by atoms with E-state index in [1.807, 2.05) is 0 Å². The number of carbonyl (C=O) groups is 1. The SMILES string of the molecule is COc1ccc(S(=O)(=O)N(C)CCCC(=O)OCC#N)cc1. The Balaban J connectivity index is 2.57. The Hall–Kier alpha value is -2.11. The van der Waals surface area contributed by atoms with E-state index in [-0.39, 0.29) is 24.5 Å². The first-order valence-electron chi connectivity index (χ1n) is 6.54. The molecular weight excluding hydrogens is 308 g/mol. The van der Waals surface area contributed by atoms with Crippen LogP contribution in [0.1, 0.15) is 12.8 Å². The first-order chi connectivity index (χ1) is 10.4. The quantitative estimate of drug-likeness (QED) is 0.665. The summed E-state index contributed by atoms with van der Waals surface area (Å²) in [5.41, 5.74) is 0. The molecule has 1 aromatic rings. The van der Waals surface area contributed by atoms with Crippen molar-refractivity contribution in [3.63, 3.8) is 0 Å². The molecule has 0 saturated heterocycles. The molecule has 0 spiro atoms. The normalized spacial score (nSPS) is 11.0. The highest BCUT2D eigenvalue weighted by molar-refractivity contribution is 7.89.